The first-order valence-corrected chi connectivity index (χ1v) is 16.6. The molecule has 49 heavy (non-hydrogen) atoms. The van der Waals surface area contributed by atoms with Crippen LogP contribution in [0.5, 0.6) is 23.0 Å². The highest BCUT2D eigenvalue weighted by Gasteiger charge is 2.30. The van der Waals surface area contributed by atoms with Gasteiger partial charge in [-0.05, 0) is 77.9 Å². The number of methoxy groups -OCH3 is 4. The van der Waals surface area contributed by atoms with Crippen LogP contribution in [0.4, 0.5) is 5.69 Å². The number of aryl methyl sites for hydroxylation is 1. The van der Waals surface area contributed by atoms with Crippen molar-refractivity contribution in [3.05, 3.63) is 76.1 Å². The van der Waals surface area contributed by atoms with Crippen LogP contribution in [0.1, 0.15) is 50.8 Å². The summed E-state index contributed by atoms with van der Waals surface area (Å²) in [7, 11) is 6.32. The lowest BCUT2D eigenvalue weighted by molar-refractivity contribution is -0.123. The second-order valence-corrected chi connectivity index (χ2v) is 12.3. The van der Waals surface area contributed by atoms with Gasteiger partial charge < -0.3 is 39.5 Å². The summed E-state index contributed by atoms with van der Waals surface area (Å²) in [5.74, 6) is 1.74. The number of carbonyl (C=O) groups excluding carboxylic acids is 2. The predicted molar refractivity (Wildman–Crippen MR) is 191 cm³/mol. The van der Waals surface area contributed by atoms with Crippen LogP contribution in [-0.2, 0) is 22.6 Å². The SMILES string of the molecule is CC[C@@H](C)[C@H](Nc1ccc2c(cc1=O)[C@@H](NC(C)=O)CCc1cc(OC)c(OC)c(OC)c1-2)C(=O)NCCn1ccc2cc(OC)ccc21. The van der Waals surface area contributed by atoms with Crippen molar-refractivity contribution < 1.29 is 28.5 Å². The van der Waals surface area contributed by atoms with Crippen molar-refractivity contribution in [3.8, 4) is 34.1 Å². The first kappa shape index (κ1) is 35.1. The number of hydrogen-bond acceptors (Lipinski definition) is 8. The lowest BCUT2D eigenvalue weighted by Crippen LogP contribution is -2.45. The fraction of sp³-hybridized carbons (Fsp3) is 0.395. The van der Waals surface area contributed by atoms with Crippen LogP contribution in [-0.4, -0.2) is 57.4 Å². The molecule has 260 valence electrons. The maximum Gasteiger partial charge on any atom is 0.242 e. The maximum atomic E-state index is 13.9. The fourth-order valence-corrected chi connectivity index (χ4v) is 6.61. The second-order valence-electron chi connectivity index (χ2n) is 12.3. The van der Waals surface area contributed by atoms with E-state index in [1.807, 2.05) is 56.4 Å². The lowest BCUT2D eigenvalue weighted by Gasteiger charge is -2.24. The van der Waals surface area contributed by atoms with Gasteiger partial charge >= 0.3 is 0 Å². The fourth-order valence-electron chi connectivity index (χ4n) is 6.61. The average molecular weight is 671 g/mol. The first-order valence-electron chi connectivity index (χ1n) is 16.6. The molecule has 1 aliphatic carbocycles. The highest BCUT2D eigenvalue weighted by Crippen LogP contribution is 2.50. The minimum absolute atomic E-state index is 0.0766. The van der Waals surface area contributed by atoms with Crippen molar-refractivity contribution in [3.63, 3.8) is 0 Å². The molecule has 2 amide bonds. The standard InChI is InChI=1S/C38H46N4O7/c1-8-22(2)35(38(45)39-16-18-42-17-15-24-19-26(46-4)10-14-31(24)42)41-30-13-11-27-28(21-32(30)44)29(40-23(3)43)12-9-25-20-33(47-5)36(48-6)37(49-7)34(25)27/h10-11,13-15,17,19-22,29,35H,8-9,12,16,18H2,1-7H3,(H,39,45)(H,40,43)(H,41,44)/t22-,29+,35+/m1/s1. The van der Waals surface area contributed by atoms with Crippen LogP contribution in [0.3, 0.4) is 0 Å². The van der Waals surface area contributed by atoms with Gasteiger partial charge in [-0.3, -0.25) is 14.4 Å². The van der Waals surface area contributed by atoms with Crippen LogP contribution >= 0.6 is 0 Å². The monoisotopic (exact) mass is 670 g/mol. The number of carbonyl (C=O) groups is 2. The van der Waals surface area contributed by atoms with Gasteiger partial charge in [-0.2, -0.15) is 0 Å². The molecule has 0 fully saturated rings. The van der Waals surface area contributed by atoms with Gasteiger partial charge in [0.2, 0.25) is 23.0 Å². The van der Waals surface area contributed by atoms with Crippen molar-refractivity contribution in [2.24, 2.45) is 5.92 Å². The number of aromatic nitrogens is 1. The van der Waals surface area contributed by atoms with Crippen LogP contribution in [0.25, 0.3) is 22.0 Å². The summed E-state index contributed by atoms with van der Waals surface area (Å²) in [4.78, 5) is 39.9. The molecular weight excluding hydrogens is 624 g/mol. The first-order chi connectivity index (χ1) is 23.6. The second kappa shape index (κ2) is 15.4. The highest BCUT2D eigenvalue weighted by atomic mass is 16.5. The van der Waals surface area contributed by atoms with Crippen LogP contribution in [0.15, 0.2) is 59.5 Å². The minimum atomic E-state index is -0.664. The van der Waals surface area contributed by atoms with Gasteiger partial charge in [-0.15, -0.1) is 0 Å². The van der Waals surface area contributed by atoms with Crippen molar-refractivity contribution >= 4 is 28.4 Å². The van der Waals surface area contributed by atoms with Gasteiger partial charge in [0.25, 0.3) is 0 Å². The third-order valence-corrected chi connectivity index (χ3v) is 9.35. The van der Waals surface area contributed by atoms with Gasteiger partial charge in [0.15, 0.2) is 11.5 Å². The van der Waals surface area contributed by atoms with Gasteiger partial charge in [-0.1, -0.05) is 26.3 Å². The Bertz CT molecular complexity index is 1900. The third kappa shape index (κ3) is 7.30. The predicted octanol–water partition coefficient (Wildman–Crippen LogP) is 5.47. The third-order valence-electron chi connectivity index (χ3n) is 9.35. The van der Waals surface area contributed by atoms with E-state index in [0.29, 0.717) is 48.7 Å². The Morgan fingerprint density at radius 3 is 2.41 bits per heavy atom. The zero-order chi connectivity index (χ0) is 35.2. The van der Waals surface area contributed by atoms with E-state index >= 15 is 0 Å². The van der Waals surface area contributed by atoms with Crippen LogP contribution in [0, 0.1) is 5.92 Å². The summed E-state index contributed by atoms with van der Waals surface area (Å²) in [6.45, 7) is 6.45. The summed E-state index contributed by atoms with van der Waals surface area (Å²) in [6.07, 6.45) is 3.85. The number of amides is 2. The molecule has 11 nitrogen and oxygen atoms in total. The number of hydrogen-bond donors (Lipinski definition) is 3. The summed E-state index contributed by atoms with van der Waals surface area (Å²) in [5.41, 5.74) is 4.09. The smallest absolute Gasteiger partial charge is 0.242 e. The molecule has 5 rings (SSSR count). The van der Waals surface area contributed by atoms with Crippen molar-refractivity contribution in [2.75, 3.05) is 40.3 Å². The van der Waals surface area contributed by atoms with E-state index in [2.05, 4.69) is 20.5 Å². The molecule has 3 aromatic carbocycles. The minimum Gasteiger partial charge on any atom is -0.497 e. The molecule has 0 spiro atoms. The van der Waals surface area contributed by atoms with Gasteiger partial charge in [0.05, 0.1) is 40.2 Å². The number of rotatable bonds is 13. The molecule has 1 aliphatic rings. The maximum absolute atomic E-state index is 13.9. The number of nitrogens with zero attached hydrogens (tertiary/aromatic N) is 1. The average Bonchev–Trinajstić information content (AvgIpc) is 3.36. The topological polar surface area (TPSA) is 129 Å². The highest BCUT2D eigenvalue weighted by molar-refractivity contribution is 5.86. The Kier molecular flexibility index (Phi) is 11.0. The van der Waals surface area contributed by atoms with E-state index in [0.717, 1.165) is 39.8 Å². The molecule has 0 bridgehead atoms. The number of anilines is 1. The summed E-state index contributed by atoms with van der Waals surface area (Å²) in [6, 6.07) is 13.9. The lowest BCUT2D eigenvalue weighted by atomic mass is 9.95. The van der Waals surface area contributed by atoms with Gasteiger partial charge in [-0.25, -0.2) is 0 Å². The van der Waals surface area contributed by atoms with Crippen molar-refractivity contribution in [1.29, 1.82) is 0 Å². The Morgan fingerprint density at radius 1 is 0.959 bits per heavy atom. The summed E-state index contributed by atoms with van der Waals surface area (Å²) < 4.78 is 24.6. The molecule has 4 aromatic rings. The van der Waals surface area contributed by atoms with Crippen LogP contribution < -0.4 is 40.3 Å². The largest absolute Gasteiger partial charge is 0.497 e. The van der Waals surface area contributed by atoms with Gasteiger partial charge in [0, 0.05) is 42.7 Å². The van der Waals surface area contributed by atoms with Crippen molar-refractivity contribution in [1.82, 2.24) is 15.2 Å². The Balaban J connectivity index is 1.48. The number of fused-ring (bicyclic) bond motifs is 4. The summed E-state index contributed by atoms with van der Waals surface area (Å²) in [5, 5.41) is 10.4. The molecular formula is C38H46N4O7. The zero-order valence-corrected chi connectivity index (χ0v) is 29.3. The number of benzene rings is 2. The van der Waals surface area contributed by atoms with E-state index in [-0.39, 0.29) is 28.8 Å². The quantitative estimate of drug-likeness (QED) is 0.171. The molecule has 0 radical (unpaired) electrons. The zero-order valence-electron chi connectivity index (χ0n) is 29.3. The van der Waals surface area contributed by atoms with E-state index in [9.17, 15) is 14.4 Å². The molecule has 0 saturated heterocycles. The molecule has 1 aromatic heterocycles. The van der Waals surface area contributed by atoms with Crippen molar-refractivity contribution in [2.45, 2.75) is 58.7 Å². The number of nitrogens with one attached hydrogen (secondary N) is 3. The molecule has 0 unspecified atom stereocenters. The Morgan fingerprint density at radius 2 is 1.73 bits per heavy atom. The molecule has 11 heteroatoms. The molecule has 3 N–H and O–H groups in total. The van der Waals surface area contributed by atoms with Gasteiger partial charge in [0.1, 0.15) is 11.8 Å². The molecule has 0 aliphatic heterocycles. The normalized spacial score (nSPS) is 14.8. The molecule has 0 saturated carbocycles. The molecule has 1 heterocycles. The Labute approximate surface area is 286 Å². The van der Waals surface area contributed by atoms with E-state index in [4.69, 9.17) is 18.9 Å². The number of ether oxygens (including phenoxy) is 4. The van der Waals surface area contributed by atoms with E-state index in [1.165, 1.54) is 6.92 Å². The summed E-state index contributed by atoms with van der Waals surface area (Å²) >= 11 is 0. The Hall–Kier alpha value is -5.19. The van der Waals surface area contributed by atoms with Crippen LogP contribution in [0.2, 0.25) is 0 Å². The van der Waals surface area contributed by atoms with E-state index in [1.54, 1.807) is 40.6 Å². The molecule has 3 atom stereocenters. The van der Waals surface area contributed by atoms with E-state index < -0.39 is 12.1 Å².